The quantitative estimate of drug-likeness (QED) is 0.105. The highest BCUT2D eigenvalue weighted by Gasteiger charge is 2.42. The Morgan fingerprint density at radius 1 is 1.24 bits per heavy atom. The molecule has 2 aliphatic heterocycles. The second-order valence-electron chi connectivity index (χ2n) is 12.6. The monoisotopic (exact) mass is 729 g/mol. The summed E-state index contributed by atoms with van der Waals surface area (Å²) in [4.78, 5) is 30.5. The predicted octanol–water partition coefficient (Wildman–Crippen LogP) is 7.04. The number of likely N-dealkylation sites (N-methyl/N-ethyl adjacent to an activating group) is 2. The lowest BCUT2D eigenvalue weighted by molar-refractivity contribution is -0.137. The van der Waals surface area contributed by atoms with Crippen molar-refractivity contribution in [2.24, 2.45) is 0 Å². The van der Waals surface area contributed by atoms with E-state index < -0.39 is 46.5 Å². The summed E-state index contributed by atoms with van der Waals surface area (Å²) in [5, 5.41) is -0.571. The fourth-order valence-corrected chi connectivity index (χ4v) is 8.26. The van der Waals surface area contributed by atoms with Crippen LogP contribution in [0.1, 0.15) is 31.7 Å². The Kier molecular flexibility index (Phi) is 10.1. The number of amides is 1. The molecule has 2 aromatic heterocycles. The molecule has 270 valence electrons. The number of benzene rings is 2. The van der Waals surface area contributed by atoms with E-state index in [0.29, 0.717) is 24.3 Å². The summed E-state index contributed by atoms with van der Waals surface area (Å²) >= 11 is 0.699. The van der Waals surface area contributed by atoms with Crippen molar-refractivity contribution >= 4 is 54.7 Å². The first-order valence-corrected chi connectivity index (χ1v) is 17.2. The third kappa shape index (κ3) is 6.42. The van der Waals surface area contributed by atoms with Crippen LogP contribution in [-0.4, -0.2) is 90.8 Å². The summed E-state index contributed by atoms with van der Waals surface area (Å²) in [5.74, 6) is -2.50. The maximum absolute atomic E-state index is 17.2. The van der Waals surface area contributed by atoms with Gasteiger partial charge in [0.1, 0.15) is 23.8 Å². The minimum Gasteiger partial charge on any atom is -0.462 e. The molecule has 0 spiro atoms. The molecule has 6 rings (SSSR count). The van der Waals surface area contributed by atoms with Gasteiger partial charge in [-0.15, -0.1) is 11.3 Å². The zero-order chi connectivity index (χ0) is 36.8. The van der Waals surface area contributed by atoms with Gasteiger partial charge in [0.05, 0.1) is 40.5 Å². The average Bonchev–Trinajstić information content (AvgIpc) is 3.80. The first kappa shape index (κ1) is 36.2. The number of halogens is 5. The Labute approximate surface area is 295 Å². The second-order valence-corrected chi connectivity index (χ2v) is 13.6. The molecular weight excluding hydrogens is 693 g/mol. The van der Waals surface area contributed by atoms with Gasteiger partial charge in [0, 0.05) is 42.6 Å². The van der Waals surface area contributed by atoms with Crippen molar-refractivity contribution in [3.63, 3.8) is 0 Å². The molecule has 4 aromatic rings. The van der Waals surface area contributed by atoms with E-state index in [1.54, 1.807) is 16.7 Å². The number of anilines is 2. The number of alkyl halides is 3. The van der Waals surface area contributed by atoms with Gasteiger partial charge in [-0.2, -0.15) is 23.1 Å². The van der Waals surface area contributed by atoms with E-state index >= 15 is 17.6 Å². The number of carbonyl (C=O) groups excluding carboxylic acids is 1. The lowest BCUT2D eigenvalue weighted by Gasteiger charge is -2.35. The number of methoxy groups -OCH3 is 1. The molecule has 51 heavy (non-hydrogen) atoms. The van der Waals surface area contributed by atoms with Gasteiger partial charge in [-0.25, -0.2) is 13.6 Å². The molecule has 10 nitrogen and oxygen atoms in total. The van der Waals surface area contributed by atoms with E-state index in [0.717, 1.165) is 37.6 Å². The fourth-order valence-electron chi connectivity index (χ4n) is 7.32. The van der Waals surface area contributed by atoms with Crippen molar-refractivity contribution in [2.45, 2.75) is 50.5 Å². The fraction of sp³-hybridized carbons (Fsp3) is 0.429. The lowest BCUT2D eigenvalue weighted by Crippen LogP contribution is -2.49. The van der Waals surface area contributed by atoms with Crippen LogP contribution in [0.2, 0.25) is 0 Å². The van der Waals surface area contributed by atoms with E-state index in [4.69, 9.17) is 21.8 Å². The van der Waals surface area contributed by atoms with E-state index in [-0.39, 0.29) is 75.3 Å². The van der Waals surface area contributed by atoms with E-state index in [9.17, 15) is 9.18 Å². The summed E-state index contributed by atoms with van der Waals surface area (Å²) in [6.45, 7) is 14.7. The number of fused-ring (bicyclic) bond motifs is 2. The van der Waals surface area contributed by atoms with Crippen LogP contribution in [0.4, 0.5) is 38.5 Å². The number of aromatic nitrogens is 2. The molecule has 0 radical (unpaired) electrons. The third-order valence-corrected chi connectivity index (χ3v) is 10.8. The molecule has 2 fully saturated rings. The summed E-state index contributed by atoms with van der Waals surface area (Å²) in [5.41, 5.74) is 2.63. The number of carbonyl (C=O) groups is 1. The highest BCUT2D eigenvalue weighted by molar-refractivity contribution is 7.23. The zero-order valence-corrected chi connectivity index (χ0v) is 29.0. The van der Waals surface area contributed by atoms with Crippen molar-refractivity contribution < 1.29 is 36.2 Å². The molecule has 1 unspecified atom stereocenters. The molecule has 4 heterocycles. The number of rotatable bonds is 10. The van der Waals surface area contributed by atoms with Crippen molar-refractivity contribution in [3.8, 4) is 17.1 Å². The number of hydrogen-bond donors (Lipinski definition) is 1. The minimum absolute atomic E-state index is 0.0156. The van der Waals surface area contributed by atoms with Crippen LogP contribution >= 0.6 is 11.3 Å². The molecule has 2 N–H and O–H groups in total. The van der Waals surface area contributed by atoms with Crippen LogP contribution in [0.5, 0.6) is 6.01 Å². The Bertz CT molecular complexity index is 2050. The van der Waals surface area contributed by atoms with E-state index in [2.05, 4.69) is 26.3 Å². The van der Waals surface area contributed by atoms with Gasteiger partial charge in [-0.3, -0.25) is 4.79 Å². The largest absolute Gasteiger partial charge is 0.462 e. The van der Waals surface area contributed by atoms with Gasteiger partial charge in [0.25, 0.3) is 0 Å². The highest BCUT2D eigenvalue weighted by Crippen LogP contribution is 2.50. The molecule has 3 atom stereocenters. The van der Waals surface area contributed by atoms with Crippen LogP contribution < -0.4 is 15.4 Å². The number of thiophene rings is 1. The maximum atomic E-state index is 17.2. The molecule has 0 bridgehead atoms. The SMILES string of the molecule is [C-]#[N+]c1c(N)sc2c(F)ccc(-c3c(C(F)(F)F)cc4c(N(CC)C5CCN(C(=O)C=C)[C@@H]5COC)nc(OC[C@@H]5CCCN5C)nc4c3F)c12. The molecule has 2 aromatic carbocycles. The summed E-state index contributed by atoms with van der Waals surface area (Å²) in [7, 11) is 3.43. The first-order chi connectivity index (χ1) is 24.3. The number of nitrogens with zero attached hydrogens (tertiary/aromatic N) is 6. The number of nitrogens with two attached hydrogens (primary N) is 1. The van der Waals surface area contributed by atoms with Crippen molar-refractivity contribution in [2.75, 3.05) is 57.6 Å². The van der Waals surface area contributed by atoms with Gasteiger partial charge < -0.3 is 29.9 Å². The maximum Gasteiger partial charge on any atom is 0.417 e. The smallest absolute Gasteiger partial charge is 0.417 e. The Hall–Kier alpha value is -4.59. The summed E-state index contributed by atoms with van der Waals surface area (Å²) in [6, 6.07) is 1.49. The number of hydrogen-bond acceptors (Lipinski definition) is 9. The highest BCUT2D eigenvalue weighted by atomic mass is 32.1. The van der Waals surface area contributed by atoms with Crippen molar-refractivity contribution in [3.05, 3.63) is 59.5 Å². The van der Waals surface area contributed by atoms with Crippen LogP contribution in [0.25, 0.3) is 37.0 Å². The summed E-state index contributed by atoms with van der Waals surface area (Å²) < 4.78 is 88.8. The predicted molar refractivity (Wildman–Crippen MR) is 186 cm³/mol. The molecule has 2 saturated heterocycles. The molecular formula is C35H36F5N7O3S. The van der Waals surface area contributed by atoms with Gasteiger partial charge in [-0.05, 0) is 63.6 Å². The first-order valence-electron chi connectivity index (χ1n) is 16.4. The molecule has 0 aliphatic carbocycles. The van der Waals surface area contributed by atoms with Crippen LogP contribution in [0, 0.1) is 18.2 Å². The van der Waals surface area contributed by atoms with Crippen LogP contribution in [0.15, 0.2) is 30.9 Å². The second kappa shape index (κ2) is 14.2. The van der Waals surface area contributed by atoms with Gasteiger partial charge in [0.15, 0.2) is 5.82 Å². The van der Waals surface area contributed by atoms with Crippen LogP contribution in [-0.2, 0) is 15.7 Å². The van der Waals surface area contributed by atoms with E-state index in [1.807, 2.05) is 7.05 Å². The Morgan fingerprint density at radius 2 is 2.00 bits per heavy atom. The number of ether oxygens (including phenoxy) is 2. The standard InChI is InChI=1S/C35H36F5N7O3S/c1-6-25(48)47-14-12-23(24(47)17-49-5)46(7-2)33-20-15-21(35(38,39)40)26(19-10-11-22(36)31-27(19)30(42-3)32(41)51-31)28(37)29(20)43-34(44-33)50-16-18-9-8-13-45(18)4/h6,10-11,15,18,23-24H,1,7-9,12-14,16-17,41H2,2,4-5H3/t18-,23?,24+/m0/s1. The van der Waals surface area contributed by atoms with Gasteiger partial charge in [-0.1, -0.05) is 12.6 Å². The lowest BCUT2D eigenvalue weighted by atomic mass is 9.93. The van der Waals surface area contributed by atoms with Crippen LogP contribution in [0.3, 0.4) is 0 Å². The average molecular weight is 730 g/mol. The number of likely N-dealkylation sites (tertiary alicyclic amines) is 2. The minimum atomic E-state index is -5.11. The third-order valence-electron chi connectivity index (χ3n) is 9.76. The Balaban J connectivity index is 1.63. The van der Waals surface area contributed by atoms with Crippen molar-refractivity contribution in [1.29, 1.82) is 0 Å². The van der Waals surface area contributed by atoms with E-state index in [1.165, 1.54) is 13.2 Å². The number of nitrogen functional groups attached to an aromatic ring is 1. The molecule has 2 aliphatic rings. The summed E-state index contributed by atoms with van der Waals surface area (Å²) in [6.07, 6.45) is -1.72. The molecule has 16 heteroatoms. The topological polar surface area (TPSA) is 101 Å². The Morgan fingerprint density at radius 3 is 2.63 bits per heavy atom. The van der Waals surface area contributed by atoms with Crippen molar-refractivity contribution in [1.82, 2.24) is 19.8 Å². The van der Waals surface area contributed by atoms with Gasteiger partial charge >= 0.3 is 12.2 Å². The van der Waals surface area contributed by atoms with Gasteiger partial charge in [0.2, 0.25) is 11.6 Å². The normalized spacial score (nSPS) is 19.6. The molecule has 1 amide bonds. The molecule has 0 saturated carbocycles. The zero-order valence-electron chi connectivity index (χ0n) is 28.2.